The standard InChI is InChI=1S/C23H23ClFNO3.ClH/c1-27-21-8-4-3-6-16(21)13-26-14-17-7-5-9-22(28-2)23(17)29-15-18-10-11-19(25)12-20(18)24;/h3-12,26H,13-15H2,1-2H3;1H. The highest BCUT2D eigenvalue weighted by molar-refractivity contribution is 6.31. The number of ether oxygens (including phenoxy) is 3. The molecule has 0 saturated heterocycles. The maximum atomic E-state index is 13.3. The molecule has 3 rings (SSSR count). The summed E-state index contributed by atoms with van der Waals surface area (Å²) in [6, 6.07) is 17.9. The van der Waals surface area contributed by atoms with Gasteiger partial charge in [0.25, 0.3) is 0 Å². The van der Waals surface area contributed by atoms with E-state index in [1.54, 1.807) is 20.3 Å². The van der Waals surface area contributed by atoms with Gasteiger partial charge in [0.05, 0.1) is 19.2 Å². The first kappa shape index (κ1) is 23.8. The molecule has 0 saturated carbocycles. The summed E-state index contributed by atoms with van der Waals surface area (Å²) in [5.41, 5.74) is 2.71. The average molecular weight is 452 g/mol. The molecule has 1 N–H and O–H groups in total. The molecule has 0 spiro atoms. The van der Waals surface area contributed by atoms with Gasteiger partial charge in [0, 0.05) is 29.8 Å². The quantitative estimate of drug-likeness (QED) is 0.447. The summed E-state index contributed by atoms with van der Waals surface area (Å²) < 4.78 is 30.1. The average Bonchev–Trinajstić information content (AvgIpc) is 2.74. The van der Waals surface area contributed by atoms with Crippen molar-refractivity contribution in [2.45, 2.75) is 19.7 Å². The molecule has 0 aliphatic carbocycles. The second kappa shape index (κ2) is 11.6. The molecule has 0 bridgehead atoms. The Morgan fingerprint density at radius 3 is 2.23 bits per heavy atom. The number of para-hydroxylation sites is 2. The maximum absolute atomic E-state index is 13.3. The van der Waals surface area contributed by atoms with E-state index in [4.69, 9.17) is 25.8 Å². The summed E-state index contributed by atoms with van der Waals surface area (Å²) in [5, 5.41) is 3.74. The molecule has 0 fully saturated rings. The second-order valence-electron chi connectivity index (χ2n) is 6.39. The Morgan fingerprint density at radius 2 is 1.50 bits per heavy atom. The van der Waals surface area contributed by atoms with Gasteiger partial charge in [-0.3, -0.25) is 0 Å². The van der Waals surface area contributed by atoms with E-state index < -0.39 is 0 Å². The summed E-state index contributed by atoms with van der Waals surface area (Å²) in [5.74, 6) is 1.72. The van der Waals surface area contributed by atoms with Crippen LogP contribution in [0.4, 0.5) is 4.39 Å². The molecule has 0 heterocycles. The molecule has 0 aliphatic rings. The number of hydrogen-bond donors (Lipinski definition) is 1. The lowest BCUT2D eigenvalue weighted by Gasteiger charge is -2.16. The van der Waals surface area contributed by atoms with Crippen molar-refractivity contribution in [3.63, 3.8) is 0 Å². The van der Waals surface area contributed by atoms with Crippen LogP contribution in [-0.2, 0) is 19.7 Å². The van der Waals surface area contributed by atoms with Crippen molar-refractivity contribution in [3.8, 4) is 17.2 Å². The minimum Gasteiger partial charge on any atom is -0.496 e. The first-order chi connectivity index (χ1) is 14.1. The van der Waals surface area contributed by atoms with E-state index in [1.165, 1.54) is 12.1 Å². The Kier molecular flexibility index (Phi) is 9.24. The Morgan fingerprint density at radius 1 is 0.833 bits per heavy atom. The molecule has 0 aliphatic heterocycles. The van der Waals surface area contributed by atoms with Crippen LogP contribution in [0.5, 0.6) is 17.2 Å². The summed E-state index contributed by atoms with van der Waals surface area (Å²) in [6.07, 6.45) is 0. The van der Waals surface area contributed by atoms with Gasteiger partial charge in [-0.1, -0.05) is 48.0 Å². The predicted octanol–water partition coefficient (Wildman–Crippen LogP) is 5.79. The molecular weight excluding hydrogens is 428 g/mol. The van der Waals surface area contributed by atoms with E-state index in [9.17, 15) is 4.39 Å². The highest BCUT2D eigenvalue weighted by Crippen LogP contribution is 2.32. The third-order valence-corrected chi connectivity index (χ3v) is 4.84. The van der Waals surface area contributed by atoms with Gasteiger partial charge in [0.2, 0.25) is 0 Å². The molecule has 7 heteroatoms. The van der Waals surface area contributed by atoms with Crippen LogP contribution in [0.25, 0.3) is 0 Å². The van der Waals surface area contributed by atoms with Gasteiger partial charge in [0.15, 0.2) is 11.5 Å². The molecule has 0 amide bonds. The number of methoxy groups -OCH3 is 2. The summed E-state index contributed by atoms with van der Waals surface area (Å²) >= 11 is 6.11. The van der Waals surface area contributed by atoms with Crippen LogP contribution < -0.4 is 19.5 Å². The van der Waals surface area contributed by atoms with Gasteiger partial charge in [0.1, 0.15) is 18.2 Å². The number of nitrogens with one attached hydrogen (secondary N) is 1. The van der Waals surface area contributed by atoms with Crippen LogP contribution in [0, 0.1) is 5.82 Å². The second-order valence-corrected chi connectivity index (χ2v) is 6.80. The van der Waals surface area contributed by atoms with E-state index in [-0.39, 0.29) is 24.8 Å². The van der Waals surface area contributed by atoms with Crippen molar-refractivity contribution >= 4 is 24.0 Å². The van der Waals surface area contributed by atoms with Gasteiger partial charge in [-0.2, -0.15) is 0 Å². The first-order valence-corrected chi connectivity index (χ1v) is 9.55. The van der Waals surface area contributed by atoms with Crippen LogP contribution in [0.2, 0.25) is 5.02 Å². The van der Waals surface area contributed by atoms with Crippen molar-refractivity contribution in [2.24, 2.45) is 0 Å². The third-order valence-electron chi connectivity index (χ3n) is 4.49. The summed E-state index contributed by atoms with van der Waals surface area (Å²) in [6.45, 7) is 1.42. The third kappa shape index (κ3) is 6.02. The molecule has 3 aromatic rings. The normalized spacial score (nSPS) is 10.3. The van der Waals surface area contributed by atoms with Crippen LogP contribution in [0.15, 0.2) is 60.7 Å². The number of hydrogen-bond acceptors (Lipinski definition) is 4. The van der Waals surface area contributed by atoms with E-state index in [0.717, 1.165) is 16.9 Å². The number of rotatable bonds is 9. The van der Waals surface area contributed by atoms with E-state index in [1.807, 2.05) is 42.5 Å². The van der Waals surface area contributed by atoms with E-state index in [2.05, 4.69) is 5.32 Å². The Bertz CT molecular complexity index is 969. The molecule has 0 unspecified atom stereocenters. The van der Waals surface area contributed by atoms with E-state index >= 15 is 0 Å². The zero-order valence-electron chi connectivity index (χ0n) is 16.8. The van der Waals surface area contributed by atoms with Crippen molar-refractivity contribution in [3.05, 3.63) is 88.2 Å². The topological polar surface area (TPSA) is 39.7 Å². The maximum Gasteiger partial charge on any atom is 0.166 e. The SMILES string of the molecule is COc1ccccc1CNCc1cccc(OC)c1OCc1ccc(F)cc1Cl.Cl. The first-order valence-electron chi connectivity index (χ1n) is 9.17. The zero-order chi connectivity index (χ0) is 20.6. The Hall–Kier alpha value is -2.47. The molecule has 30 heavy (non-hydrogen) atoms. The molecule has 4 nitrogen and oxygen atoms in total. The van der Waals surface area contributed by atoms with Crippen molar-refractivity contribution in [1.82, 2.24) is 5.32 Å². The lowest BCUT2D eigenvalue weighted by atomic mass is 10.1. The molecule has 3 aromatic carbocycles. The fraction of sp³-hybridized carbons (Fsp3) is 0.217. The number of benzene rings is 3. The summed E-state index contributed by atoms with van der Waals surface area (Å²) in [4.78, 5) is 0. The minimum atomic E-state index is -0.378. The fourth-order valence-electron chi connectivity index (χ4n) is 2.99. The lowest BCUT2D eigenvalue weighted by Crippen LogP contribution is -2.14. The van der Waals surface area contributed by atoms with Crippen LogP contribution in [0.3, 0.4) is 0 Å². The smallest absolute Gasteiger partial charge is 0.166 e. The predicted molar refractivity (Wildman–Crippen MR) is 120 cm³/mol. The largest absolute Gasteiger partial charge is 0.496 e. The fourth-order valence-corrected chi connectivity index (χ4v) is 3.22. The van der Waals surface area contributed by atoms with E-state index in [0.29, 0.717) is 35.2 Å². The van der Waals surface area contributed by atoms with Crippen LogP contribution >= 0.6 is 24.0 Å². The molecular formula is C23H24Cl2FNO3. The van der Waals surface area contributed by atoms with Gasteiger partial charge in [-0.25, -0.2) is 4.39 Å². The minimum absolute atomic E-state index is 0. The Balaban J connectivity index is 0.00000320. The van der Waals surface area contributed by atoms with Crippen molar-refractivity contribution in [2.75, 3.05) is 14.2 Å². The van der Waals surface area contributed by atoms with Crippen LogP contribution in [0.1, 0.15) is 16.7 Å². The van der Waals surface area contributed by atoms with Crippen molar-refractivity contribution in [1.29, 1.82) is 0 Å². The summed E-state index contributed by atoms with van der Waals surface area (Å²) in [7, 11) is 3.26. The molecule has 0 atom stereocenters. The molecule has 160 valence electrons. The van der Waals surface area contributed by atoms with Gasteiger partial charge in [-0.05, 0) is 24.3 Å². The zero-order valence-corrected chi connectivity index (χ0v) is 18.4. The molecule has 0 aromatic heterocycles. The molecule has 0 radical (unpaired) electrons. The highest BCUT2D eigenvalue weighted by Gasteiger charge is 2.12. The monoisotopic (exact) mass is 451 g/mol. The van der Waals surface area contributed by atoms with Crippen molar-refractivity contribution < 1.29 is 18.6 Å². The lowest BCUT2D eigenvalue weighted by molar-refractivity contribution is 0.280. The van der Waals surface area contributed by atoms with Gasteiger partial charge < -0.3 is 19.5 Å². The Labute approximate surface area is 187 Å². The number of halogens is 3. The van der Waals surface area contributed by atoms with Gasteiger partial charge in [-0.15, -0.1) is 12.4 Å². The highest BCUT2D eigenvalue weighted by atomic mass is 35.5. The van der Waals surface area contributed by atoms with Crippen LogP contribution in [-0.4, -0.2) is 14.2 Å². The van der Waals surface area contributed by atoms with Gasteiger partial charge >= 0.3 is 0 Å².